The lowest BCUT2D eigenvalue weighted by Gasteiger charge is -2.34. The second-order valence-electron chi connectivity index (χ2n) is 24.8. The molecule has 1 heterocycles. The normalized spacial score (nSPS) is 14.6. The van der Waals surface area contributed by atoms with E-state index in [0.29, 0.717) is 161 Å². The van der Waals surface area contributed by atoms with Gasteiger partial charge in [-0.1, -0.05) is 153 Å². The Bertz CT molecular complexity index is 1590. The van der Waals surface area contributed by atoms with E-state index in [2.05, 4.69) is 61.1 Å². The van der Waals surface area contributed by atoms with E-state index in [-0.39, 0.29) is 29.8 Å². The summed E-state index contributed by atoms with van der Waals surface area (Å²) in [6.45, 7) is 23.6. The number of aliphatic hydroxyl groups is 4. The second kappa shape index (κ2) is 58.5. The Kier molecular flexibility index (Phi) is 55.7. The molecule has 1 aliphatic rings. The molecule has 0 radical (unpaired) electrons. The average molecular weight is 1290 g/mol. The summed E-state index contributed by atoms with van der Waals surface area (Å²) in [4.78, 5) is 70.4. The number of piperazine rings is 1. The van der Waals surface area contributed by atoms with E-state index in [1.54, 1.807) is 0 Å². The van der Waals surface area contributed by atoms with E-state index < -0.39 is 24.4 Å². The number of unbranched alkanes of at least 4 members (excludes halogenated alkanes) is 11. The third kappa shape index (κ3) is 50.3. The molecule has 4 N–H and O–H groups in total. The summed E-state index contributed by atoms with van der Waals surface area (Å²) in [6.07, 6.45) is 22.0. The van der Waals surface area contributed by atoms with Gasteiger partial charge in [-0.05, 0) is 108 Å². The number of rotatable bonds is 62. The molecule has 1 saturated heterocycles. The molecule has 0 aromatic rings. The van der Waals surface area contributed by atoms with Crippen molar-refractivity contribution >= 4 is 51.4 Å². The second-order valence-corrected chi connectivity index (χ2v) is 27.5. The smallest absolute Gasteiger partial charge is 0.305 e. The van der Waals surface area contributed by atoms with E-state index in [1.165, 1.54) is 0 Å². The average Bonchev–Trinajstić information content (AvgIpc) is 3.65. The molecule has 0 aromatic carbocycles. The summed E-state index contributed by atoms with van der Waals surface area (Å²) in [7, 11) is 3.75. The van der Waals surface area contributed by atoms with Crippen LogP contribution >= 0.6 is 21.6 Å². The van der Waals surface area contributed by atoms with Gasteiger partial charge in [0.15, 0.2) is 0 Å². The number of ether oxygens (including phenoxy) is 5. The lowest BCUT2D eigenvalue weighted by Crippen LogP contribution is -2.47. The number of esters is 5. The molecule has 518 valence electrons. The quantitative estimate of drug-likeness (QED) is 0.0192. The van der Waals surface area contributed by atoms with Crippen LogP contribution in [0.2, 0.25) is 0 Å². The number of carbonyl (C=O) groups excluding carboxylic acids is 5. The zero-order chi connectivity index (χ0) is 64.7. The molecule has 0 saturated carbocycles. The number of nitrogens with zero attached hydrogens (tertiary/aromatic N) is 4. The minimum atomic E-state index is -0.554. The van der Waals surface area contributed by atoms with Crippen LogP contribution in [-0.2, 0) is 47.7 Å². The molecular weight excluding hydrogens is 1160 g/mol. The van der Waals surface area contributed by atoms with Crippen LogP contribution < -0.4 is 0 Å². The van der Waals surface area contributed by atoms with E-state index in [4.69, 9.17) is 23.7 Å². The first kappa shape index (κ1) is 83.7. The molecule has 20 heteroatoms. The summed E-state index contributed by atoms with van der Waals surface area (Å²) in [6, 6.07) is 0. The van der Waals surface area contributed by atoms with Crippen molar-refractivity contribution in [2.45, 2.75) is 271 Å². The van der Waals surface area contributed by atoms with Crippen LogP contribution in [-0.4, -0.2) is 217 Å². The summed E-state index contributed by atoms with van der Waals surface area (Å²) in [5, 5.41) is 44.1. The molecule has 0 spiro atoms. The van der Waals surface area contributed by atoms with Crippen molar-refractivity contribution in [3.63, 3.8) is 0 Å². The van der Waals surface area contributed by atoms with Gasteiger partial charge in [0.1, 0.15) is 6.61 Å². The fraction of sp³-hybridized carbons (Fsp3) is 0.926. The topological polar surface area (TPSA) is 225 Å². The maximum Gasteiger partial charge on any atom is 0.305 e. The van der Waals surface area contributed by atoms with E-state index >= 15 is 0 Å². The van der Waals surface area contributed by atoms with Gasteiger partial charge in [-0.2, -0.15) is 0 Å². The van der Waals surface area contributed by atoms with Gasteiger partial charge in [-0.3, -0.25) is 43.6 Å². The van der Waals surface area contributed by atoms with Gasteiger partial charge in [0, 0.05) is 109 Å². The van der Waals surface area contributed by atoms with E-state index in [9.17, 15) is 44.4 Å². The minimum Gasteiger partial charge on any atom is -0.466 e. The number of hydrogen-bond donors (Lipinski definition) is 4. The molecule has 1 rings (SSSR count). The predicted octanol–water partition coefficient (Wildman–Crippen LogP) is 11.6. The van der Waals surface area contributed by atoms with Crippen molar-refractivity contribution in [2.24, 2.45) is 11.8 Å². The predicted molar refractivity (Wildman–Crippen MR) is 358 cm³/mol. The standard InChI is InChI=1S/C68H130N4O14S2/c1-7-13-47-82-64(77)36-25-23-32-62(75)54-72(55-63(76)33-24-26-37-65(78)83-48-14-8-2)40-29-50-87-88-51-46-70-43-41-69(42-44-70)45-49-84-66(79)38-27-28-39-71(52-60(73)30-19-15-17-21-34-67(80)85-56-58(9-3)10-4)53-61(74)31-20-16-18-22-35-68(81)86-57-59(11-5)12-6/h58-63,73-76H,7-57H2,1-6H3. The van der Waals surface area contributed by atoms with Gasteiger partial charge in [-0.15, -0.1) is 0 Å². The fourth-order valence-corrected chi connectivity index (χ4v) is 12.7. The van der Waals surface area contributed by atoms with Crippen LogP contribution in [0.1, 0.15) is 247 Å². The Hall–Kier alpha value is -2.27. The molecule has 1 fully saturated rings. The van der Waals surface area contributed by atoms with Gasteiger partial charge < -0.3 is 44.1 Å². The molecular formula is C68H130N4O14S2. The lowest BCUT2D eigenvalue weighted by molar-refractivity contribution is -0.146. The highest BCUT2D eigenvalue weighted by Crippen LogP contribution is 2.23. The molecule has 0 aromatic heterocycles. The Morgan fingerprint density at radius 3 is 1.09 bits per heavy atom. The van der Waals surface area contributed by atoms with E-state index in [1.807, 2.05) is 21.6 Å². The zero-order valence-electron chi connectivity index (χ0n) is 56.5. The molecule has 88 heavy (non-hydrogen) atoms. The Morgan fingerprint density at radius 2 is 0.693 bits per heavy atom. The molecule has 0 bridgehead atoms. The van der Waals surface area contributed by atoms with Gasteiger partial charge in [0.25, 0.3) is 0 Å². The van der Waals surface area contributed by atoms with Crippen LogP contribution in [0.25, 0.3) is 0 Å². The van der Waals surface area contributed by atoms with Gasteiger partial charge in [-0.25, -0.2) is 0 Å². The van der Waals surface area contributed by atoms with Gasteiger partial charge >= 0.3 is 29.8 Å². The van der Waals surface area contributed by atoms with Gasteiger partial charge in [0.05, 0.1) is 50.8 Å². The Labute approximate surface area is 542 Å². The maximum atomic E-state index is 12.8. The van der Waals surface area contributed by atoms with Crippen LogP contribution in [0.15, 0.2) is 0 Å². The van der Waals surface area contributed by atoms with Crippen molar-refractivity contribution in [1.29, 1.82) is 0 Å². The van der Waals surface area contributed by atoms with Crippen LogP contribution in [0.3, 0.4) is 0 Å². The Morgan fingerprint density at radius 1 is 0.375 bits per heavy atom. The SMILES string of the molecule is CCCCOC(=O)CCCCC(O)CN(CCCSSCCN1CCN(CCOC(=O)CCCCN(CC(O)CCCCCCC(=O)OCC(CC)CC)CC(O)CCCCCCC(=O)OCC(CC)CC)CC1)CC(O)CCCCC(=O)OCCCC. The zero-order valence-corrected chi connectivity index (χ0v) is 58.1. The van der Waals surface area contributed by atoms with Crippen molar-refractivity contribution in [3.05, 3.63) is 0 Å². The van der Waals surface area contributed by atoms with Crippen molar-refractivity contribution in [3.8, 4) is 0 Å². The number of hydrogen-bond acceptors (Lipinski definition) is 20. The summed E-state index contributed by atoms with van der Waals surface area (Å²) < 4.78 is 27.1. The van der Waals surface area contributed by atoms with Crippen LogP contribution in [0, 0.1) is 11.8 Å². The first-order chi connectivity index (χ1) is 42.6. The monoisotopic (exact) mass is 1290 g/mol. The number of aliphatic hydroxyl groups excluding tert-OH is 4. The molecule has 18 nitrogen and oxygen atoms in total. The highest BCUT2D eigenvalue weighted by atomic mass is 33.1. The minimum absolute atomic E-state index is 0.128. The summed E-state index contributed by atoms with van der Waals surface area (Å²) >= 11 is 0. The van der Waals surface area contributed by atoms with Crippen molar-refractivity contribution in [1.82, 2.24) is 19.6 Å². The molecule has 0 amide bonds. The molecule has 1 aliphatic heterocycles. The highest BCUT2D eigenvalue weighted by molar-refractivity contribution is 8.76. The molecule has 4 atom stereocenters. The highest BCUT2D eigenvalue weighted by Gasteiger charge is 2.21. The first-order valence-corrected chi connectivity index (χ1v) is 37.8. The van der Waals surface area contributed by atoms with Crippen molar-refractivity contribution in [2.75, 3.05) is 123 Å². The molecule has 4 unspecified atom stereocenters. The third-order valence-corrected chi connectivity index (χ3v) is 19.3. The first-order valence-electron chi connectivity index (χ1n) is 35.3. The van der Waals surface area contributed by atoms with E-state index in [0.717, 1.165) is 179 Å². The lowest BCUT2D eigenvalue weighted by atomic mass is 10.0. The van der Waals surface area contributed by atoms with Gasteiger partial charge in [0.2, 0.25) is 0 Å². The third-order valence-electron chi connectivity index (χ3n) is 16.9. The van der Waals surface area contributed by atoms with Crippen LogP contribution in [0.4, 0.5) is 0 Å². The maximum absolute atomic E-state index is 12.8. The van der Waals surface area contributed by atoms with Crippen LogP contribution in [0.5, 0.6) is 0 Å². The summed E-state index contributed by atoms with van der Waals surface area (Å²) in [5.74, 6) is 2.01. The Balaban J connectivity index is 2.46. The van der Waals surface area contributed by atoms with Crippen molar-refractivity contribution < 1.29 is 68.1 Å². The summed E-state index contributed by atoms with van der Waals surface area (Å²) in [5.41, 5.74) is 0. The molecule has 0 aliphatic carbocycles. The largest absolute Gasteiger partial charge is 0.466 e. The fourth-order valence-electron chi connectivity index (χ4n) is 10.6. The number of carbonyl (C=O) groups is 5.